The summed E-state index contributed by atoms with van der Waals surface area (Å²) >= 11 is 7.31. The second kappa shape index (κ2) is 2.70. The lowest BCUT2D eigenvalue weighted by Gasteiger charge is -2.01. The minimum atomic E-state index is -0.345. The average molecular weight is 187 g/mol. The van der Waals surface area contributed by atoms with E-state index in [-0.39, 0.29) is 5.44 Å². The van der Waals surface area contributed by atoms with Crippen LogP contribution in [0, 0.1) is 0 Å². The molecular formula is C8H7ClOS. The zero-order chi connectivity index (χ0) is 7.84. The van der Waals surface area contributed by atoms with Gasteiger partial charge >= 0.3 is 0 Å². The molecule has 0 amide bonds. The average Bonchev–Trinajstić information content (AvgIpc) is 2.32. The summed E-state index contributed by atoms with van der Waals surface area (Å²) in [7, 11) is 0. The van der Waals surface area contributed by atoms with Crippen molar-refractivity contribution in [2.24, 2.45) is 0 Å². The van der Waals surface area contributed by atoms with Gasteiger partial charge in [0.25, 0.3) is 0 Å². The van der Waals surface area contributed by atoms with Crippen LogP contribution in [0.4, 0.5) is 0 Å². The Morgan fingerprint density at radius 1 is 1.55 bits per heavy atom. The van der Waals surface area contributed by atoms with Gasteiger partial charge in [0, 0.05) is 10.8 Å². The highest BCUT2D eigenvalue weighted by Crippen LogP contribution is 2.40. The van der Waals surface area contributed by atoms with Gasteiger partial charge in [-0.15, -0.1) is 11.8 Å². The highest BCUT2D eigenvalue weighted by molar-refractivity contribution is 7.98. The predicted octanol–water partition coefficient (Wildman–Crippen LogP) is 2.58. The van der Waals surface area contributed by atoms with Crippen molar-refractivity contribution < 1.29 is 5.11 Å². The molecule has 3 heteroatoms. The maximum Gasteiger partial charge on any atom is 0.125 e. The van der Waals surface area contributed by atoms with Crippen molar-refractivity contribution in [3.05, 3.63) is 34.3 Å². The Kier molecular flexibility index (Phi) is 1.83. The lowest BCUT2D eigenvalue weighted by Crippen LogP contribution is -1.86. The highest BCUT2D eigenvalue weighted by atomic mass is 35.5. The van der Waals surface area contributed by atoms with Crippen LogP contribution in [-0.2, 0) is 5.75 Å². The van der Waals surface area contributed by atoms with Crippen LogP contribution >= 0.6 is 23.4 Å². The quantitative estimate of drug-likeness (QED) is 0.672. The standard InChI is InChI=1S/C8H7ClOS/c9-6-1-2-7-5(3-6)4-11-8(7)10/h1-3,8,10H,4H2. The fourth-order valence-corrected chi connectivity index (χ4v) is 2.39. The van der Waals surface area contributed by atoms with E-state index in [1.807, 2.05) is 18.2 Å². The molecule has 2 rings (SSSR count). The molecule has 11 heavy (non-hydrogen) atoms. The van der Waals surface area contributed by atoms with Crippen LogP contribution in [0.3, 0.4) is 0 Å². The molecule has 1 N–H and O–H groups in total. The molecule has 0 saturated carbocycles. The van der Waals surface area contributed by atoms with Gasteiger partial charge in [-0.3, -0.25) is 0 Å². The molecule has 1 aliphatic rings. The molecule has 0 saturated heterocycles. The van der Waals surface area contributed by atoms with Crippen LogP contribution < -0.4 is 0 Å². The summed E-state index contributed by atoms with van der Waals surface area (Å²) < 4.78 is 0. The number of aliphatic hydroxyl groups excluding tert-OH is 1. The molecule has 1 atom stereocenters. The number of hydrogen-bond acceptors (Lipinski definition) is 2. The predicted molar refractivity (Wildman–Crippen MR) is 47.7 cm³/mol. The maximum absolute atomic E-state index is 9.39. The van der Waals surface area contributed by atoms with Crippen LogP contribution in [-0.4, -0.2) is 5.11 Å². The Morgan fingerprint density at radius 2 is 2.36 bits per heavy atom. The number of benzene rings is 1. The first-order valence-corrected chi connectivity index (χ1v) is 4.78. The zero-order valence-electron chi connectivity index (χ0n) is 5.75. The molecule has 1 aromatic carbocycles. The summed E-state index contributed by atoms with van der Waals surface area (Å²) in [6.45, 7) is 0. The molecule has 58 valence electrons. The third-order valence-electron chi connectivity index (χ3n) is 1.77. The smallest absolute Gasteiger partial charge is 0.125 e. The summed E-state index contributed by atoms with van der Waals surface area (Å²) in [6.07, 6.45) is 0. The number of thioether (sulfide) groups is 1. The Morgan fingerprint density at radius 3 is 3.18 bits per heavy atom. The van der Waals surface area contributed by atoms with Crippen molar-refractivity contribution in [2.75, 3.05) is 0 Å². The molecule has 1 aromatic rings. The molecule has 0 fully saturated rings. The van der Waals surface area contributed by atoms with E-state index >= 15 is 0 Å². The van der Waals surface area contributed by atoms with Gasteiger partial charge in [-0.2, -0.15) is 0 Å². The minimum Gasteiger partial charge on any atom is -0.378 e. The largest absolute Gasteiger partial charge is 0.378 e. The summed E-state index contributed by atoms with van der Waals surface area (Å²) in [6, 6.07) is 5.62. The van der Waals surface area contributed by atoms with E-state index in [1.165, 1.54) is 11.8 Å². The van der Waals surface area contributed by atoms with E-state index in [9.17, 15) is 5.11 Å². The van der Waals surface area contributed by atoms with Crippen LogP contribution in [0.5, 0.6) is 0 Å². The zero-order valence-corrected chi connectivity index (χ0v) is 7.32. The minimum absolute atomic E-state index is 0.345. The van der Waals surface area contributed by atoms with Crippen LogP contribution in [0.25, 0.3) is 0 Å². The first-order valence-electron chi connectivity index (χ1n) is 3.35. The summed E-state index contributed by atoms with van der Waals surface area (Å²) in [4.78, 5) is 0. The van der Waals surface area contributed by atoms with Crippen LogP contribution in [0.2, 0.25) is 5.02 Å². The van der Waals surface area contributed by atoms with Crippen molar-refractivity contribution >= 4 is 23.4 Å². The first kappa shape index (κ1) is 7.47. The third kappa shape index (κ3) is 1.26. The molecule has 0 bridgehead atoms. The highest BCUT2D eigenvalue weighted by Gasteiger charge is 2.19. The van der Waals surface area contributed by atoms with Gasteiger partial charge in [0.2, 0.25) is 0 Å². The van der Waals surface area contributed by atoms with Gasteiger partial charge in [0.15, 0.2) is 0 Å². The molecule has 0 aromatic heterocycles. The number of hydrogen-bond donors (Lipinski definition) is 1. The lowest BCUT2D eigenvalue weighted by atomic mass is 10.1. The Balaban J connectivity index is 2.50. The van der Waals surface area contributed by atoms with E-state index in [1.54, 1.807) is 0 Å². The second-order valence-corrected chi connectivity index (χ2v) is 4.01. The molecule has 0 spiro atoms. The van der Waals surface area contributed by atoms with Crippen LogP contribution in [0.1, 0.15) is 16.6 Å². The topological polar surface area (TPSA) is 20.2 Å². The number of aliphatic hydroxyl groups is 1. The normalized spacial score (nSPS) is 21.8. The van der Waals surface area contributed by atoms with Gasteiger partial charge in [0.05, 0.1) is 0 Å². The Labute approximate surface area is 74.4 Å². The Hall–Kier alpha value is -0.180. The third-order valence-corrected chi connectivity index (χ3v) is 3.05. The van der Waals surface area contributed by atoms with Gasteiger partial charge < -0.3 is 5.11 Å². The summed E-state index contributed by atoms with van der Waals surface area (Å²) in [5.74, 6) is 0.872. The van der Waals surface area contributed by atoms with Gasteiger partial charge in [-0.1, -0.05) is 17.7 Å². The number of rotatable bonds is 0. The van der Waals surface area contributed by atoms with Gasteiger partial charge in [0.1, 0.15) is 5.44 Å². The van der Waals surface area contributed by atoms with Crippen molar-refractivity contribution in [1.82, 2.24) is 0 Å². The molecule has 0 aliphatic carbocycles. The number of halogens is 1. The monoisotopic (exact) mass is 186 g/mol. The molecule has 1 heterocycles. The fourth-order valence-electron chi connectivity index (χ4n) is 1.20. The summed E-state index contributed by atoms with van der Waals surface area (Å²) in [5.41, 5.74) is 1.83. The van der Waals surface area contributed by atoms with Crippen molar-refractivity contribution in [3.63, 3.8) is 0 Å². The van der Waals surface area contributed by atoms with Gasteiger partial charge in [-0.25, -0.2) is 0 Å². The van der Waals surface area contributed by atoms with E-state index < -0.39 is 0 Å². The fraction of sp³-hybridized carbons (Fsp3) is 0.250. The van der Waals surface area contributed by atoms with Crippen molar-refractivity contribution in [1.29, 1.82) is 0 Å². The first-order chi connectivity index (χ1) is 5.27. The van der Waals surface area contributed by atoms with E-state index in [0.29, 0.717) is 0 Å². The van der Waals surface area contributed by atoms with Gasteiger partial charge in [-0.05, 0) is 23.3 Å². The van der Waals surface area contributed by atoms with Crippen molar-refractivity contribution in [3.8, 4) is 0 Å². The van der Waals surface area contributed by atoms with Crippen molar-refractivity contribution in [2.45, 2.75) is 11.2 Å². The van der Waals surface area contributed by atoms with Crippen LogP contribution in [0.15, 0.2) is 18.2 Å². The maximum atomic E-state index is 9.39. The molecule has 0 radical (unpaired) electrons. The molecule has 1 unspecified atom stereocenters. The van der Waals surface area contributed by atoms with E-state index in [4.69, 9.17) is 11.6 Å². The summed E-state index contributed by atoms with van der Waals surface area (Å²) in [5, 5.41) is 10.1. The lowest BCUT2D eigenvalue weighted by molar-refractivity contribution is 0.272. The molecule has 1 aliphatic heterocycles. The second-order valence-electron chi connectivity index (χ2n) is 2.51. The van der Waals surface area contributed by atoms with E-state index in [0.717, 1.165) is 21.9 Å². The Bertz CT molecular complexity index is 287. The SMILES string of the molecule is OC1SCc2cc(Cl)ccc21. The number of fused-ring (bicyclic) bond motifs is 1. The van der Waals surface area contributed by atoms with E-state index in [2.05, 4.69) is 0 Å². The molecular weight excluding hydrogens is 180 g/mol. The molecule has 1 nitrogen and oxygen atoms in total.